The normalized spacial score (nSPS) is 10.6. The number of hydrogen-bond donors (Lipinski definition) is 4. The van der Waals surface area contributed by atoms with Crippen molar-refractivity contribution in [2.24, 2.45) is 5.73 Å². The molecule has 0 amide bonds. The summed E-state index contributed by atoms with van der Waals surface area (Å²) in [5, 5.41) is 34.8. The summed E-state index contributed by atoms with van der Waals surface area (Å²) in [4.78, 5) is 40.2. The van der Waals surface area contributed by atoms with Crippen LogP contribution >= 0.6 is 0 Å². The SMILES string of the molecule is CCCCCCCCCCCC(=O)O.CCCCCCCCCCCC(=O)O.N[C@@H](CCC(=O)O)C(=O)[O-].[Na+]. The third-order valence-corrected chi connectivity index (χ3v) is 5.96. The Morgan fingerprint density at radius 1 is 0.538 bits per heavy atom. The molecule has 0 heterocycles. The van der Waals surface area contributed by atoms with Crippen molar-refractivity contribution in [3.63, 3.8) is 0 Å². The molecule has 39 heavy (non-hydrogen) atoms. The summed E-state index contributed by atoms with van der Waals surface area (Å²) in [5.74, 6) is -3.79. The largest absolute Gasteiger partial charge is 1.00 e. The first-order valence-corrected chi connectivity index (χ1v) is 14.7. The van der Waals surface area contributed by atoms with Gasteiger partial charge in [0.05, 0.1) is 5.97 Å². The smallest absolute Gasteiger partial charge is 0.548 e. The Bertz CT molecular complexity index is 543. The molecule has 0 radical (unpaired) electrons. The predicted octanol–water partition coefficient (Wildman–Crippen LogP) is 2.92. The van der Waals surface area contributed by atoms with Gasteiger partial charge in [-0.25, -0.2) is 0 Å². The van der Waals surface area contributed by atoms with Crippen LogP contribution in [0.25, 0.3) is 0 Å². The molecule has 1 atom stereocenters. The molecule has 0 aliphatic carbocycles. The summed E-state index contributed by atoms with van der Waals surface area (Å²) in [6.45, 7) is 4.46. The monoisotopic (exact) mass is 569 g/mol. The first-order chi connectivity index (χ1) is 18.1. The molecule has 0 bridgehead atoms. The molecule has 0 saturated heterocycles. The van der Waals surface area contributed by atoms with Crippen molar-refractivity contribution < 1.29 is 69.2 Å². The summed E-state index contributed by atoms with van der Waals surface area (Å²) >= 11 is 0. The van der Waals surface area contributed by atoms with E-state index in [1.165, 1.54) is 89.9 Å². The van der Waals surface area contributed by atoms with Crippen LogP contribution in [0.4, 0.5) is 0 Å². The molecule has 0 aromatic carbocycles. The van der Waals surface area contributed by atoms with Gasteiger partial charge in [0.25, 0.3) is 0 Å². The van der Waals surface area contributed by atoms with Crippen LogP contribution in [0.3, 0.4) is 0 Å². The molecule has 0 unspecified atom stereocenters. The summed E-state index contributed by atoms with van der Waals surface area (Å²) in [5.41, 5.74) is 4.94. The predicted molar refractivity (Wildman–Crippen MR) is 149 cm³/mol. The van der Waals surface area contributed by atoms with Gasteiger partial charge in [-0.05, 0) is 19.3 Å². The number of hydrogen-bond acceptors (Lipinski definition) is 6. The van der Waals surface area contributed by atoms with Crippen molar-refractivity contribution in [2.75, 3.05) is 0 Å². The molecule has 0 aliphatic heterocycles. The number of carbonyl (C=O) groups excluding carboxylic acids is 1. The van der Waals surface area contributed by atoms with Crippen molar-refractivity contribution >= 4 is 23.9 Å². The van der Waals surface area contributed by atoms with Crippen LogP contribution < -0.4 is 40.4 Å². The van der Waals surface area contributed by atoms with Gasteiger partial charge in [-0.2, -0.15) is 0 Å². The molecule has 9 nitrogen and oxygen atoms in total. The first kappa shape index (κ1) is 44.8. The Labute approximate surface area is 259 Å². The maximum atomic E-state index is 10.2. The molecule has 0 aromatic heterocycles. The van der Waals surface area contributed by atoms with Crippen LogP contribution in [0.2, 0.25) is 0 Å². The number of rotatable bonds is 24. The maximum Gasteiger partial charge on any atom is 1.00 e. The van der Waals surface area contributed by atoms with Gasteiger partial charge in [-0.3, -0.25) is 14.4 Å². The molecule has 0 spiro atoms. The molecule has 10 heteroatoms. The van der Waals surface area contributed by atoms with Gasteiger partial charge in [0, 0.05) is 25.3 Å². The molecule has 0 rings (SSSR count). The van der Waals surface area contributed by atoms with Crippen LogP contribution in [0, 0.1) is 0 Å². The quantitative estimate of drug-likeness (QED) is 0.100. The summed E-state index contributed by atoms with van der Waals surface area (Å²) in [7, 11) is 0. The summed E-state index contributed by atoms with van der Waals surface area (Å²) in [6, 6.07) is -1.17. The molecular formula is C29H56NNaO8. The van der Waals surface area contributed by atoms with Crippen molar-refractivity contribution in [3.8, 4) is 0 Å². The van der Waals surface area contributed by atoms with E-state index in [0.717, 1.165) is 25.7 Å². The zero-order valence-corrected chi connectivity index (χ0v) is 27.1. The van der Waals surface area contributed by atoms with Crippen LogP contribution in [0.15, 0.2) is 0 Å². The number of carboxylic acids is 4. The van der Waals surface area contributed by atoms with E-state index in [1.54, 1.807) is 0 Å². The second-order valence-corrected chi connectivity index (χ2v) is 9.80. The minimum atomic E-state index is -1.42. The maximum absolute atomic E-state index is 10.2. The van der Waals surface area contributed by atoms with Crippen LogP contribution in [0.5, 0.6) is 0 Å². The number of carboxylic acid groups (broad SMARTS) is 4. The van der Waals surface area contributed by atoms with Gasteiger partial charge in [-0.1, -0.05) is 117 Å². The molecule has 0 fully saturated rings. The molecule has 0 saturated carbocycles. The fourth-order valence-electron chi connectivity index (χ4n) is 3.57. The van der Waals surface area contributed by atoms with E-state index in [-0.39, 0.29) is 42.4 Å². The minimum Gasteiger partial charge on any atom is -0.548 e. The molecule has 5 N–H and O–H groups in total. The second-order valence-electron chi connectivity index (χ2n) is 9.80. The van der Waals surface area contributed by atoms with Gasteiger partial charge in [0.15, 0.2) is 0 Å². The van der Waals surface area contributed by atoms with E-state index in [9.17, 15) is 24.3 Å². The van der Waals surface area contributed by atoms with Gasteiger partial charge >= 0.3 is 47.5 Å². The fraction of sp³-hybridized carbons (Fsp3) is 0.862. The van der Waals surface area contributed by atoms with E-state index >= 15 is 0 Å². The average molecular weight is 570 g/mol. The Balaban J connectivity index is -0.000000236. The zero-order chi connectivity index (χ0) is 29.4. The van der Waals surface area contributed by atoms with Gasteiger partial charge in [-0.15, -0.1) is 0 Å². The Kier molecular flexibility index (Phi) is 42.4. The summed E-state index contributed by atoms with van der Waals surface area (Å²) < 4.78 is 0. The van der Waals surface area contributed by atoms with Crippen LogP contribution in [-0.4, -0.2) is 45.2 Å². The van der Waals surface area contributed by atoms with Crippen molar-refractivity contribution in [2.45, 2.75) is 161 Å². The number of aliphatic carboxylic acids is 4. The zero-order valence-electron chi connectivity index (χ0n) is 25.1. The first-order valence-electron chi connectivity index (χ1n) is 14.7. The van der Waals surface area contributed by atoms with Gasteiger partial charge in [0.1, 0.15) is 0 Å². The van der Waals surface area contributed by atoms with Gasteiger partial charge in [0.2, 0.25) is 0 Å². The van der Waals surface area contributed by atoms with E-state index in [2.05, 4.69) is 13.8 Å². The van der Waals surface area contributed by atoms with Crippen LogP contribution in [0.1, 0.15) is 155 Å². The van der Waals surface area contributed by atoms with E-state index in [4.69, 9.17) is 21.1 Å². The van der Waals surface area contributed by atoms with Crippen molar-refractivity contribution in [1.29, 1.82) is 0 Å². The van der Waals surface area contributed by atoms with Crippen molar-refractivity contribution in [1.82, 2.24) is 0 Å². The Morgan fingerprint density at radius 3 is 1.03 bits per heavy atom. The Morgan fingerprint density at radius 2 is 0.795 bits per heavy atom. The van der Waals surface area contributed by atoms with Crippen LogP contribution in [-0.2, 0) is 19.2 Å². The molecule has 0 aromatic rings. The minimum absolute atomic E-state index is 0. The molecule has 226 valence electrons. The Hall–Kier alpha value is -1.16. The van der Waals surface area contributed by atoms with Crippen molar-refractivity contribution in [3.05, 3.63) is 0 Å². The number of nitrogens with two attached hydrogens (primary N) is 1. The second kappa shape index (κ2) is 36.8. The topological polar surface area (TPSA) is 178 Å². The number of unbranched alkanes of at least 4 members (excludes halogenated alkanes) is 16. The van der Waals surface area contributed by atoms with Gasteiger partial charge < -0.3 is 31.0 Å². The average Bonchev–Trinajstić information content (AvgIpc) is 2.85. The third kappa shape index (κ3) is 50.2. The van der Waals surface area contributed by atoms with E-state index in [0.29, 0.717) is 12.8 Å². The molecule has 0 aliphatic rings. The third-order valence-electron chi connectivity index (χ3n) is 5.96. The van der Waals surface area contributed by atoms with E-state index < -0.39 is 29.9 Å². The fourth-order valence-corrected chi connectivity index (χ4v) is 3.57. The number of carbonyl (C=O) groups is 4. The summed E-state index contributed by atoms with van der Waals surface area (Å²) in [6.07, 6.45) is 22.6. The van der Waals surface area contributed by atoms with E-state index in [1.807, 2.05) is 0 Å². The molecular weight excluding hydrogens is 513 g/mol. The standard InChI is InChI=1S/2C12H24O2.C5H9NO4.Na/c2*1-2-3-4-5-6-7-8-9-10-11-12(13)14;6-3(5(9)10)1-2-4(7)8;/h2*2-11H2,1H3,(H,13,14);3H,1-2,6H2,(H,7,8)(H,9,10);/q;;;+1/p-1/t;;3-;/m..0./s1.